The number of carbonyl (C=O) groups is 1. The minimum absolute atomic E-state index is 0.214. The summed E-state index contributed by atoms with van der Waals surface area (Å²) in [6.07, 6.45) is 2.64. The summed E-state index contributed by atoms with van der Waals surface area (Å²) < 4.78 is 1.38. The largest absolute Gasteiger partial charge is 0.481 e. The lowest BCUT2D eigenvalue weighted by Gasteiger charge is -2.03. The molecule has 16 heavy (non-hydrogen) atoms. The van der Waals surface area contributed by atoms with E-state index in [-0.39, 0.29) is 11.4 Å². The third-order valence-electron chi connectivity index (χ3n) is 1.84. The Kier molecular flexibility index (Phi) is 2.78. The number of hydrogen-bond donors (Lipinski definition) is 1. The Morgan fingerprint density at radius 3 is 2.94 bits per heavy atom. The van der Waals surface area contributed by atoms with Gasteiger partial charge in [-0.15, -0.1) is 5.10 Å². The number of aromatic nitrogens is 5. The maximum atomic E-state index is 10.5. The fourth-order valence-electron chi connectivity index (χ4n) is 1.13. The first-order chi connectivity index (χ1) is 7.66. The highest BCUT2D eigenvalue weighted by atomic mass is 35.5. The number of carboxylic acid groups (broad SMARTS) is 1. The van der Waals surface area contributed by atoms with Gasteiger partial charge in [0.1, 0.15) is 6.33 Å². The third kappa shape index (κ3) is 2.14. The highest BCUT2D eigenvalue weighted by Gasteiger charge is 2.09. The molecule has 2 aromatic heterocycles. The van der Waals surface area contributed by atoms with E-state index in [1.807, 2.05) is 0 Å². The van der Waals surface area contributed by atoms with Crippen LogP contribution in [0.5, 0.6) is 0 Å². The molecular weight excluding hydrogens is 234 g/mol. The van der Waals surface area contributed by atoms with Crippen LogP contribution in [-0.4, -0.2) is 36.3 Å². The smallest absolute Gasteiger partial charge is 0.309 e. The molecule has 0 unspecified atom stereocenters. The molecule has 82 valence electrons. The summed E-state index contributed by atoms with van der Waals surface area (Å²) in [5, 5.41) is 19.5. The van der Waals surface area contributed by atoms with E-state index in [4.69, 9.17) is 16.7 Å². The predicted octanol–water partition coefficient (Wildman–Crippen LogP) is 0.338. The van der Waals surface area contributed by atoms with Gasteiger partial charge < -0.3 is 5.11 Å². The van der Waals surface area contributed by atoms with Gasteiger partial charge >= 0.3 is 5.97 Å². The SMILES string of the molecule is O=C(O)Cc1ncc(-n2cnnn2)cc1Cl. The fraction of sp³-hybridized carbons (Fsp3) is 0.125. The number of nitrogens with zero attached hydrogens (tertiary/aromatic N) is 5. The molecule has 0 radical (unpaired) electrons. The van der Waals surface area contributed by atoms with Gasteiger partial charge in [-0.1, -0.05) is 11.6 Å². The van der Waals surface area contributed by atoms with Crippen LogP contribution < -0.4 is 0 Å². The molecule has 8 heteroatoms. The normalized spacial score (nSPS) is 10.3. The number of aliphatic carboxylic acids is 1. The molecular formula is C8H6ClN5O2. The van der Waals surface area contributed by atoms with Gasteiger partial charge in [-0.25, -0.2) is 0 Å². The van der Waals surface area contributed by atoms with E-state index in [0.717, 1.165) is 0 Å². The molecule has 0 atom stereocenters. The first-order valence-electron chi connectivity index (χ1n) is 4.26. The van der Waals surface area contributed by atoms with Crippen molar-refractivity contribution in [2.45, 2.75) is 6.42 Å². The van der Waals surface area contributed by atoms with Crippen LogP contribution in [0.15, 0.2) is 18.6 Å². The van der Waals surface area contributed by atoms with Crippen molar-refractivity contribution >= 4 is 17.6 Å². The zero-order chi connectivity index (χ0) is 11.5. The molecule has 2 heterocycles. The average molecular weight is 240 g/mol. The van der Waals surface area contributed by atoms with Crippen molar-refractivity contribution in [1.82, 2.24) is 25.2 Å². The molecule has 2 aromatic rings. The van der Waals surface area contributed by atoms with Crippen molar-refractivity contribution in [3.63, 3.8) is 0 Å². The average Bonchev–Trinajstić information content (AvgIpc) is 2.73. The Labute approximate surface area is 94.7 Å². The lowest BCUT2D eigenvalue weighted by molar-refractivity contribution is -0.136. The standard InChI is InChI=1S/C8H6ClN5O2/c9-6-1-5(14-4-11-12-13-14)3-10-7(6)2-8(15)16/h1,3-4H,2H2,(H,15,16). The molecule has 0 spiro atoms. The Bertz CT molecular complexity index is 513. The van der Waals surface area contributed by atoms with Crippen LogP contribution in [0.2, 0.25) is 5.02 Å². The Hall–Kier alpha value is -2.02. The van der Waals surface area contributed by atoms with E-state index in [2.05, 4.69) is 20.5 Å². The second kappa shape index (κ2) is 4.23. The van der Waals surface area contributed by atoms with Crippen molar-refractivity contribution in [1.29, 1.82) is 0 Å². The number of pyridine rings is 1. The second-order valence-electron chi connectivity index (χ2n) is 2.95. The summed E-state index contributed by atoms with van der Waals surface area (Å²) in [5.74, 6) is -0.982. The van der Waals surface area contributed by atoms with E-state index in [0.29, 0.717) is 11.4 Å². The van der Waals surface area contributed by atoms with E-state index in [9.17, 15) is 4.79 Å². The maximum Gasteiger partial charge on any atom is 0.309 e. The fourth-order valence-corrected chi connectivity index (χ4v) is 1.36. The molecule has 2 rings (SSSR count). The topological polar surface area (TPSA) is 93.8 Å². The molecule has 0 bridgehead atoms. The Morgan fingerprint density at radius 1 is 1.56 bits per heavy atom. The van der Waals surface area contributed by atoms with Crippen molar-refractivity contribution in [2.75, 3.05) is 0 Å². The van der Waals surface area contributed by atoms with Crippen LogP contribution >= 0.6 is 11.6 Å². The van der Waals surface area contributed by atoms with Crippen LogP contribution in [0.1, 0.15) is 5.69 Å². The number of hydrogen-bond acceptors (Lipinski definition) is 5. The Morgan fingerprint density at radius 2 is 2.38 bits per heavy atom. The summed E-state index contributed by atoms with van der Waals surface area (Å²) >= 11 is 5.88. The van der Waals surface area contributed by atoms with Gasteiger partial charge in [0.05, 0.1) is 29.0 Å². The maximum absolute atomic E-state index is 10.5. The lowest BCUT2D eigenvalue weighted by atomic mass is 10.2. The summed E-state index contributed by atoms with van der Waals surface area (Å²) in [7, 11) is 0. The number of rotatable bonds is 3. The van der Waals surface area contributed by atoms with Gasteiger partial charge in [-0.3, -0.25) is 9.78 Å². The zero-order valence-corrected chi connectivity index (χ0v) is 8.66. The monoisotopic (exact) mass is 239 g/mol. The van der Waals surface area contributed by atoms with Gasteiger partial charge in [-0.2, -0.15) is 4.68 Å². The van der Waals surface area contributed by atoms with Crippen LogP contribution in [0.4, 0.5) is 0 Å². The van der Waals surface area contributed by atoms with Crippen molar-refractivity contribution in [3.05, 3.63) is 29.3 Å². The van der Waals surface area contributed by atoms with Gasteiger partial charge in [0.25, 0.3) is 0 Å². The molecule has 0 amide bonds. The molecule has 0 saturated heterocycles. The molecule has 1 N–H and O–H groups in total. The van der Waals surface area contributed by atoms with Crippen molar-refractivity contribution in [2.24, 2.45) is 0 Å². The van der Waals surface area contributed by atoms with E-state index in [1.54, 1.807) is 6.07 Å². The van der Waals surface area contributed by atoms with Crippen molar-refractivity contribution in [3.8, 4) is 5.69 Å². The molecule has 0 aliphatic carbocycles. The van der Waals surface area contributed by atoms with Crippen LogP contribution in [0.3, 0.4) is 0 Å². The summed E-state index contributed by atoms with van der Waals surface area (Å²) in [5.41, 5.74) is 0.884. The van der Waals surface area contributed by atoms with E-state index in [1.165, 1.54) is 17.2 Å². The van der Waals surface area contributed by atoms with E-state index < -0.39 is 5.97 Å². The molecule has 0 aliphatic rings. The zero-order valence-electron chi connectivity index (χ0n) is 7.91. The van der Waals surface area contributed by atoms with Crippen LogP contribution in [0, 0.1) is 0 Å². The molecule has 7 nitrogen and oxygen atoms in total. The van der Waals surface area contributed by atoms with Gasteiger partial charge in [0.2, 0.25) is 0 Å². The third-order valence-corrected chi connectivity index (χ3v) is 2.16. The van der Waals surface area contributed by atoms with Gasteiger partial charge in [0.15, 0.2) is 0 Å². The minimum Gasteiger partial charge on any atom is -0.481 e. The highest BCUT2D eigenvalue weighted by molar-refractivity contribution is 6.31. The molecule has 0 aromatic carbocycles. The first-order valence-corrected chi connectivity index (χ1v) is 4.64. The molecule has 0 fully saturated rings. The quantitative estimate of drug-likeness (QED) is 0.830. The molecule has 0 saturated carbocycles. The summed E-state index contributed by atoms with van der Waals surface area (Å²) in [6.45, 7) is 0. The van der Waals surface area contributed by atoms with Crippen molar-refractivity contribution < 1.29 is 9.90 Å². The first kappa shape index (κ1) is 10.5. The number of halogens is 1. The van der Waals surface area contributed by atoms with Gasteiger partial charge in [-0.05, 0) is 16.5 Å². The van der Waals surface area contributed by atoms with Gasteiger partial charge in [0, 0.05) is 0 Å². The Balaban J connectivity index is 2.33. The minimum atomic E-state index is -0.982. The van der Waals surface area contributed by atoms with E-state index >= 15 is 0 Å². The second-order valence-corrected chi connectivity index (χ2v) is 3.35. The lowest BCUT2D eigenvalue weighted by Crippen LogP contribution is -2.04. The summed E-state index contributed by atoms with van der Waals surface area (Å²) in [6, 6.07) is 1.56. The number of carboxylic acids is 1. The highest BCUT2D eigenvalue weighted by Crippen LogP contribution is 2.17. The number of tetrazole rings is 1. The molecule has 0 aliphatic heterocycles. The summed E-state index contributed by atoms with van der Waals surface area (Å²) in [4.78, 5) is 14.4. The van der Waals surface area contributed by atoms with Crippen LogP contribution in [0.25, 0.3) is 5.69 Å². The predicted molar refractivity (Wildman–Crippen MR) is 53.3 cm³/mol. The van der Waals surface area contributed by atoms with Crippen LogP contribution in [-0.2, 0) is 11.2 Å².